The van der Waals surface area contributed by atoms with Crippen molar-refractivity contribution in [2.45, 2.75) is 6.54 Å². The number of anilines is 1. The van der Waals surface area contributed by atoms with Crippen LogP contribution in [0.15, 0.2) is 35.7 Å². The maximum absolute atomic E-state index is 12.2. The Labute approximate surface area is 156 Å². The summed E-state index contributed by atoms with van der Waals surface area (Å²) in [6, 6.07) is 11.7. The first-order chi connectivity index (χ1) is 12.1. The molecule has 2 heterocycles. The Hall–Kier alpha value is -1.91. The molecule has 130 valence electrons. The van der Waals surface area contributed by atoms with Crippen molar-refractivity contribution in [3.05, 3.63) is 51.9 Å². The number of rotatable bonds is 5. The predicted octanol–water partition coefficient (Wildman–Crippen LogP) is 3.03. The number of thiophene rings is 1. The standard InChI is InChI=1S/C18H19ClN4OS/c19-16-3-1-14(2-4-16)12-22-6-8-23(9-7-22)13-17(24)21-18-15(11-20)5-10-25-18/h1-5,10H,6-9,12-13H2,(H,21,24). The minimum atomic E-state index is -0.0647. The number of amides is 1. The van der Waals surface area contributed by atoms with E-state index in [9.17, 15) is 4.79 Å². The number of carbonyl (C=O) groups is 1. The third-order valence-electron chi connectivity index (χ3n) is 4.19. The molecule has 0 spiro atoms. The van der Waals surface area contributed by atoms with Crippen molar-refractivity contribution in [1.82, 2.24) is 9.80 Å². The van der Waals surface area contributed by atoms with Gasteiger partial charge in [0.1, 0.15) is 11.1 Å². The van der Waals surface area contributed by atoms with Crippen molar-refractivity contribution in [1.29, 1.82) is 5.26 Å². The van der Waals surface area contributed by atoms with E-state index in [1.165, 1.54) is 16.9 Å². The molecule has 1 aromatic heterocycles. The molecule has 2 aromatic rings. The van der Waals surface area contributed by atoms with Gasteiger partial charge in [-0.2, -0.15) is 5.26 Å². The van der Waals surface area contributed by atoms with Gasteiger partial charge in [0.2, 0.25) is 5.91 Å². The molecule has 0 unspecified atom stereocenters. The molecular formula is C18H19ClN4OS. The van der Waals surface area contributed by atoms with Crippen LogP contribution < -0.4 is 5.32 Å². The van der Waals surface area contributed by atoms with Gasteiger partial charge in [-0.3, -0.25) is 14.6 Å². The van der Waals surface area contributed by atoms with E-state index in [4.69, 9.17) is 16.9 Å². The highest BCUT2D eigenvalue weighted by molar-refractivity contribution is 7.14. The SMILES string of the molecule is N#Cc1ccsc1NC(=O)CN1CCN(Cc2ccc(Cl)cc2)CC1. The van der Waals surface area contributed by atoms with Gasteiger partial charge in [-0.25, -0.2) is 0 Å². The van der Waals surface area contributed by atoms with Crippen LogP contribution in [0.5, 0.6) is 0 Å². The minimum Gasteiger partial charge on any atom is -0.315 e. The van der Waals surface area contributed by atoms with E-state index in [-0.39, 0.29) is 5.91 Å². The highest BCUT2D eigenvalue weighted by Gasteiger charge is 2.19. The number of nitrogens with zero attached hydrogens (tertiary/aromatic N) is 3. The van der Waals surface area contributed by atoms with E-state index in [1.54, 1.807) is 6.07 Å². The summed E-state index contributed by atoms with van der Waals surface area (Å²) in [6.45, 7) is 4.83. The number of piperazine rings is 1. The van der Waals surface area contributed by atoms with E-state index in [2.05, 4.69) is 33.3 Å². The molecule has 5 nitrogen and oxygen atoms in total. The van der Waals surface area contributed by atoms with Crippen LogP contribution in [0.3, 0.4) is 0 Å². The lowest BCUT2D eigenvalue weighted by Gasteiger charge is -2.34. The number of benzene rings is 1. The van der Waals surface area contributed by atoms with Crippen LogP contribution >= 0.6 is 22.9 Å². The number of hydrogen-bond acceptors (Lipinski definition) is 5. The van der Waals surface area contributed by atoms with Crippen molar-refractivity contribution in [2.75, 3.05) is 38.0 Å². The van der Waals surface area contributed by atoms with Gasteiger partial charge in [0.25, 0.3) is 0 Å². The van der Waals surface area contributed by atoms with Crippen LogP contribution in [0.4, 0.5) is 5.00 Å². The Balaban J connectivity index is 1.44. The van der Waals surface area contributed by atoms with Crippen molar-refractivity contribution >= 4 is 33.8 Å². The summed E-state index contributed by atoms with van der Waals surface area (Å²) >= 11 is 7.29. The molecule has 0 atom stereocenters. The second-order valence-corrected chi connectivity index (χ2v) is 7.35. The van der Waals surface area contributed by atoms with E-state index >= 15 is 0 Å². The number of nitriles is 1. The molecule has 0 bridgehead atoms. The molecule has 1 aromatic carbocycles. The first-order valence-corrected chi connectivity index (χ1v) is 9.36. The number of carbonyl (C=O) groups excluding carboxylic acids is 1. The highest BCUT2D eigenvalue weighted by atomic mass is 35.5. The Kier molecular flexibility index (Phi) is 6.05. The quantitative estimate of drug-likeness (QED) is 0.873. The van der Waals surface area contributed by atoms with Crippen LogP contribution in [-0.2, 0) is 11.3 Å². The van der Waals surface area contributed by atoms with E-state index in [1.807, 2.05) is 17.5 Å². The fourth-order valence-corrected chi connectivity index (χ4v) is 3.70. The lowest BCUT2D eigenvalue weighted by atomic mass is 10.2. The molecule has 7 heteroatoms. The monoisotopic (exact) mass is 374 g/mol. The molecule has 1 aliphatic rings. The van der Waals surface area contributed by atoms with E-state index in [0.29, 0.717) is 17.1 Å². The van der Waals surface area contributed by atoms with Gasteiger partial charge in [0.05, 0.1) is 12.1 Å². The zero-order valence-corrected chi connectivity index (χ0v) is 15.3. The molecule has 0 radical (unpaired) electrons. The molecule has 1 aliphatic heterocycles. The van der Waals surface area contributed by atoms with Crippen LogP contribution in [0, 0.1) is 11.3 Å². The van der Waals surface area contributed by atoms with Crippen LogP contribution in [0.25, 0.3) is 0 Å². The molecule has 1 fully saturated rings. The van der Waals surface area contributed by atoms with Crippen molar-refractivity contribution in [2.24, 2.45) is 0 Å². The zero-order chi connectivity index (χ0) is 17.6. The van der Waals surface area contributed by atoms with Crippen LogP contribution in [0.1, 0.15) is 11.1 Å². The normalized spacial score (nSPS) is 15.7. The Morgan fingerprint density at radius 1 is 1.16 bits per heavy atom. The highest BCUT2D eigenvalue weighted by Crippen LogP contribution is 2.22. The van der Waals surface area contributed by atoms with Gasteiger partial charge >= 0.3 is 0 Å². The Bertz CT molecular complexity index is 760. The van der Waals surface area contributed by atoms with Gasteiger partial charge in [0.15, 0.2) is 0 Å². The van der Waals surface area contributed by atoms with E-state index < -0.39 is 0 Å². The summed E-state index contributed by atoms with van der Waals surface area (Å²) in [5.41, 5.74) is 1.77. The zero-order valence-electron chi connectivity index (χ0n) is 13.7. The maximum atomic E-state index is 12.2. The molecule has 1 N–H and O–H groups in total. The predicted molar refractivity (Wildman–Crippen MR) is 101 cm³/mol. The molecule has 1 amide bonds. The first-order valence-electron chi connectivity index (χ1n) is 8.10. The average Bonchev–Trinajstić information content (AvgIpc) is 3.05. The summed E-state index contributed by atoms with van der Waals surface area (Å²) in [4.78, 5) is 16.7. The summed E-state index contributed by atoms with van der Waals surface area (Å²) in [6.07, 6.45) is 0. The average molecular weight is 375 g/mol. The summed E-state index contributed by atoms with van der Waals surface area (Å²) < 4.78 is 0. The fraction of sp³-hybridized carbons (Fsp3) is 0.333. The largest absolute Gasteiger partial charge is 0.315 e. The number of hydrogen-bond donors (Lipinski definition) is 1. The molecule has 0 saturated carbocycles. The van der Waals surface area contributed by atoms with Crippen molar-refractivity contribution in [3.63, 3.8) is 0 Å². The van der Waals surface area contributed by atoms with E-state index in [0.717, 1.165) is 37.7 Å². The van der Waals surface area contributed by atoms with Gasteiger partial charge < -0.3 is 5.32 Å². The maximum Gasteiger partial charge on any atom is 0.239 e. The second-order valence-electron chi connectivity index (χ2n) is 6.00. The van der Waals surface area contributed by atoms with Crippen LogP contribution in [0.2, 0.25) is 5.02 Å². The summed E-state index contributed by atoms with van der Waals surface area (Å²) in [7, 11) is 0. The first kappa shape index (κ1) is 17.9. The molecule has 3 rings (SSSR count). The van der Waals surface area contributed by atoms with Gasteiger partial charge in [-0.05, 0) is 29.1 Å². The molecule has 25 heavy (non-hydrogen) atoms. The third kappa shape index (κ3) is 5.03. The molecular weight excluding hydrogens is 356 g/mol. The lowest BCUT2D eigenvalue weighted by Crippen LogP contribution is -2.48. The van der Waals surface area contributed by atoms with Crippen molar-refractivity contribution in [3.8, 4) is 6.07 Å². The Morgan fingerprint density at radius 3 is 2.52 bits per heavy atom. The lowest BCUT2D eigenvalue weighted by molar-refractivity contribution is -0.117. The topological polar surface area (TPSA) is 59.4 Å². The number of halogens is 1. The van der Waals surface area contributed by atoms with Gasteiger partial charge in [0, 0.05) is 37.7 Å². The molecule has 0 aliphatic carbocycles. The second kappa shape index (κ2) is 8.45. The summed E-state index contributed by atoms with van der Waals surface area (Å²) in [5.74, 6) is -0.0647. The van der Waals surface area contributed by atoms with Gasteiger partial charge in [-0.15, -0.1) is 11.3 Å². The Morgan fingerprint density at radius 2 is 1.84 bits per heavy atom. The summed E-state index contributed by atoms with van der Waals surface area (Å²) in [5, 5.41) is 15.0. The van der Waals surface area contributed by atoms with Crippen molar-refractivity contribution < 1.29 is 4.79 Å². The molecule has 1 saturated heterocycles. The minimum absolute atomic E-state index is 0.0647. The number of nitrogens with one attached hydrogen (secondary N) is 1. The third-order valence-corrected chi connectivity index (χ3v) is 5.27. The van der Waals surface area contributed by atoms with Crippen LogP contribution in [-0.4, -0.2) is 48.4 Å². The fourth-order valence-electron chi connectivity index (χ4n) is 2.82. The van der Waals surface area contributed by atoms with Gasteiger partial charge in [-0.1, -0.05) is 23.7 Å². The smallest absolute Gasteiger partial charge is 0.239 e.